The summed E-state index contributed by atoms with van der Waals surface area (Å²) in [5.74, 6) is 1.70. The smallest absolute Gasteiger partial charge is 0.151 e. The van der Waals surface area contributed by atoms with Crippen LogP contribution in [0.4, 0.5) is 0 Å². The summed E-state index contributed by atoms with van der Waals surface area (Å²) < 4.78 is 24.0. The molecule has 2 aromatic heterocycles. The molecule has 3 saturated heterocycles. The number of nitrogens with one attached hydrogen (secondary N) is 2. The van der Waals surface area contributed by atoms with Gasteiger partial charge >= 0.3 is 0 Å². The van der Waals surface area contributed by atoms with Crippen LogP contribution in [0.15, 0.2) is 24.3 Å². The van der Waals surface area contributed by atoms with Gasteiger partial charge in [-0.05, 0) is 95.2 Å². The lowest BCUT2D eigenvalue weighted by Crippen LogP contribution is -2.51. The van der Waals surface area contributed by atoms with E-state index in [-0.39, 0.29) is 12.0 Å². The molecule has 0 radical (unpaired) electrons. The molecule has 4 atom stereocenters. The number of hydrogen-bond acceptors (Lipinski definition) is 7. The number of rotatable bonds is 8. The maximum Gasteiger partial charge on any atom is 0.151 e. The number of piperidine rings is 1. The summed E-state index contributed by atoms with van der Waals surface area (Å²) >= 11 is 1.76. The molecule has 7 nitrogen and oxygen atoms in total. The number of fused-ring (bicyclic) bond motifs is 3. The predicted octanol–water partition coefficient (Wildman–Crippen LogP) is 4.71. The molecule has 1 saturated carbocycles. The molecule has 4 unspecified atom stereocenters. The average molecular weight is 623 g/mol. The molecular formula is C34H46N4O3S2. The van der Waals surface area contributed by atoms with Gasteiger partial charge in [0.1, 0.15) is 10.6 Å². The maximum absolute atomic E-state index is 14.0. The highest BCUT2D eigenvalue weighted by molar-refractivity contribution is 7.91. The van der Waals surface area contributed by atoms with E-state index in [0.717, 1.165) is 58.5 Å². The van der Waals surface area contributed by atoms with Crippen molar-refractivity contribution in [1.29, 1.82) is 0 Å². The molecule has 4 fully saturated rings. The Balaban J connectivity index is 1.14. The molecule has 43 heavy (non-hydrogen) atoms. The second kappa shape index (κ2) is 11.1. The first-order valence-corrected chi connectivity index (χ1v) is 18.8. The fourth-order valence-corrected chi connectivity index (χ4v) is 11.4. The molecule has 9 heteroatoms. The number of carbonyl (C=O) groups excluding carboxylic acids is 1. The van der Waals surface area contributed by atoms with Gasteiger partial charge < -0.3 is 15.2 Å². The molecule has 3 aliphatic heterocycles. The number of H-pyrrole nitrogens is 1. The van der Waals surface area contributed by atoms with Gasteiger partial charge in [-0.25, -0.2) is 8.42 Å². The highest BCUT2D eigenvalue weighted by Crippen LogP contribution is 2.45. The van der Waals surface area contributed by atoms with E-state index in [1.807, 2.05) is 0 Å². The Morgan fingerprint density at radius 2 is 1.77 bits per heavy atom. The Morgan fingerprint density at radius 1 is 1.02 bits per heavy atom. The largest absolute Gasteiger partial charge is 0.346 e. The van der Waals surface area contributed by atoms with Crippen LogP contribution in [0.3, 0.4) is 0 Å². The van der Waals surface area contributed by atoms with E-state index in [0.29, 0.717) is 29.2 Å². The number of nitrogens with zero attached hydrogens (tertiary/aromatic N) is 2. The minimum absolute atomic E-state index is 0.142. The van der Waals surface area contributed by atoms with Crippen molar-refractivity contribution in [1.82, 2.24) is 20.1 Å². The third-order valence-corrected chi connectivity index (χ3v) is 14.0. The summed E-state index contributed by atoms with van der Waals surface area (Å²) in [5.41, 5.74) is 5.79. The molecule has 2 N–H and O–H groups in total. The van der Waals surface area contributed by atoms with Gasteiger partial charge in [-0.2, -0.15) is 0 Å². The van der Waals surface area contributed by atoms with Gasteiger partial charge in [0.15, 0.2) is 9.84 Å². The van der Waals surface area contributed by atoms with Crippen molar-refractivity contribution in [2.45, 2.75) is 70.9 Å². The predicted molar refractivity (Wildman–Crippen MR) is 176 cm³/mol. The minimum Gasteiger partial charge on any atom is -0.346 e. The summed E-state index contributed by atoms with van der Waals surface area (Å²) in [4.78, 5) is 25.1. The van der Waals surface area contributed by atoms with Crippen molar-refractivity contribution in [3.63, 3.8) is 0 Å². The van der Waals surface area contributed by atoms with E-state index < -0.39 is 15.3 Å². The Hall–Kier alpha value is -2.04. The average Bonchev–Trinajstić information content (AvgIpc) is 3.78. The number of hydrogen-bond donors (Lipinski definition) is 2. The van der Waals surface area contributed by atoms with Gasteiger partial charge in [0, 0.05) is 61.0 Å². The van der Waals surface area contributed by atoms with Crippen molar-refractivity contribution in [3.05, 3.63) is 45.8 Å². The van der Waals surface area contributed by atoms with E-state index in [9.17, 15) is 13.2 Å². The number of aromatic nitrogens is 1. The standard InChI is InChI=1S/C34H46N4O3S2/c1-21-15-22(2)17-24(16-21)31-26(7-9-37-10-12-38(13-11-37)25-8-14-43(40,41)20-25)27-18-29(42-33(27)36-31)34(3,4)32(39)30-23-5-6-28(30)35-19-23/h15-18,23,25,28,30,35-36H,5-14,19-20H2,1-4H3. The molecule has 2 bridgehead atoms. The second-order valence-electron chi connectivity index (χ2n) is 14.3. The van der Waals surface area contributed by atoms with E-state index in [1.165, 1.54) is 49.5 Å². The number of aryl methyl sites for hydroxylation is 2. The van der Waals surface area contributed by atoms with Crippen LogP contribution in [0.2, 0.25) is 0 Å². The quantitative estimate of drug-likeness (QED) is 0.379. The zero-order valence-electron chi connectivity index (χ0n) is 26.0. The zero-order valence-corrected chi connectivity index (χ0v) is 27.7. The summed E-state index contributed by atoms with van der Waals surface area (Å²) in [5, 5.41) is 4.85. The second-order valence-corrected chi connectivity index (χ2v) is 17.5. The van der Waals surface area contributed by atoms with Crippen LogP contribution in [-0.2, 0) is 26.5 Å². The number of carbonyl (C=O) groups is 1. The fourth-order valence-electron chi connectivity index (χ4n) is 8.43. The number of thiophene rings is 1. The van der Waals surface area contributed by atoms with Crippen molar-refractivity contribution in [3.8, 4) is 11.3 Å². The van der Waals surface area contributed by atoms with Crippen molar-refractivity contribution in [2.24, 2.45) is 11.8 Å². The topological polar surface area (TPSA) is 85.5 Å². The van der Waals surface area contributed by atoms with Crippen LogP contribution in [0.5, 0.6) is 0 Å². The highest BCUT2D eigenvalue weighted by Gasteiger charge is 2.50. The molecule has 7 rings (SSSR count). The van der Waals surface area contributed by atoms with Crippen LogP contribution < -0.4 is 5.32 Å². The molecule has 1 aromatic carbocycles. The molecule has 4 aliphatic rings. The number of piperazine rings is 1. The summed E-state index contributed by atoms with van der Waals surface area (Å²) in [6.45, 7) is 14.4. The van der Waals surface area contributed by atoms with Gasteiger partial charge in [0.25, 0.3) is 0 Å². The Kier molecular flexibility index (Phi) is 7.65. The monoisotopic (exact) mass is 622 g/mol. The molecular weight excluding hydrogens is 577 g/mol. The number of Topliss-reactive ketones (excluding diaryl/α,β-unsaturated/α-hetero) is 1. The number of ketones is 1. The van der Waals surface area contributed by atoms with E-state index in [4.69, 9.17) is 0 Å². The lowest BCUT2D eigenvalue weighted by atomic mass is 9.76. The maximum atomic E-state index is 14.0. The lowest BCUT2D eigenvalue weighted by molar-refractivity contribution is -0.128. The van der Waals surface area contributed by atoms with Crippen molar-refractivity contribution < 1.29 is 13.2 Å². The van der Waals surface area contributed by atoms with E-state index >= 15 is 0 Å². The summed E-state index contributed by atoms with van der Waals surface area (Å²) in [7, 11) is -2.86. The molecule has 0 spiro atoms. The molecule has 232 valence electrons. The van der Waals surface area contributed by atoms with Crippen molar-refractivity contribution in [2.75, 3.05) is 50.8 Å². The summed E-state index contributed by atoms with van der Waals surface area (Å²) in [6.07, 6.45) is 4.01. The van der Waals surface area contributed by atoms with Crippen LogP contribution in [0, 0.1) is 25.7 Å². The fraction of sp³-hybridized carbons (Fsp3) is 0.618. The highest BCUT2D eigenvalue weighted by atomic mass is 32.2. The SMILES string of the molecule is Cc1cc(C)cc(-c2[nH]c3sc(C(C)(C)C(=O)C4C5CCC4NC5)cc3c2CCN2CCN(C3CCS(=O)(=O)C3)CC2)c1. The number of benzene rings is 1. The first-order valence-electron chi connectivity index (χ1n) is 16.2. The van der Waals surface area contributed by atoms with Crippen LogP contribution in [0.25, 0.3) is 21.5 Å². The van der Waals surface area contributed by atoms with E-state index in [1.54, 1.807) is 11.3 Å². The Labute approximate surface area is 260 Å². The van der Waals surface area contributed by atoms with Gasteiger partial charge in [0.2, 0.25) is 0 Å². The van der Waals surface area contributed by atoms with Gasteiger partial charge in [-0.3, -0.25) is 9.69 Å². The first-order chi connectivity index (χ1) is 20.5. The Bertz CT molecular complexity index is 1610. The first kappa shape index (κ1) is 29.7. The van der Waals surface area contributed by atoms with Crippen LogP contribution in [0.1, 0.15) is 54.7 Å². The van der Waals surface area contributed by atoms with Gasteiger partial charge in [-0.1, -0.05) is 17.2 Å². The molecule has 1 aliphatic carbocycles. The van der Waals surface area contributed by atoms with Crippen LogP contribution >= 0.6 is 11.3 Å². The van der Waals surface area contributed by atoms with Gasteiger partial charge in [-0.15, -0.1) is 11.3 Å². The number of aromatic amines is 1. The third-order valence-electron chi connectivity index (χ3n) is 10.9. The molecule has 3 aromatic rings. The lowest BCUT2D eigenvalue weighted by Gasteiger charge is -2.37. The zero-order chi connectivity index (χ0) is 30.1. The molecule has 5 heterocycles. The molecule has 0 amide bonds. The van der Waals surface area contributed by atoms with Crippen molar-refractivity contribution >= 4 is 37.2 Å². The third kappa shape index (κ3) is 5.54. The summed E-state index contributed by atoms with van der Waals surface area (Å²) in [6, 6.07) is 9.64. The Morgan fingerprint density at radius 3 is 2.37 bits per heavy atom. The number of sulfone groups is 1. The van der Waals surface area contributed by atoms with Gasteiger partial charge in [0.05, 0.1) is 22.6 Å². The minimum atomic E-state index is -2.86. The van der Waals surface area contributed by atoms with Crippen LogP contribution in [-0.4, -0.2) is 91.8 Å². The normalized spacial score (nSPS) is 27.9. The van der Waals surface area contributed by atoms with E-state index in [2.05, 4.69) is 72.1 Å².